The fourth-order valence-electron chi connectivity index (χ4n) is 1.92. The van der Waals surface area contributed by atoms with E-state index in [1.165, 1.54) is 22.3 Å². The third kappa shape index (κ3) is 3.45. The number of hydrogen-bond donors (Lipinski definition) is 0. The molecule has 0 atom stereocenters. The average molecular weight is 226 g/mol. The van der Waals surface area contributed by atoms with Crippen LogP contribution in [-0.4, -0.2) is 0 Å². The zero-order valence-electron chi connectivity index (χ0n) is 11.3. The van der Waals surface area contributed by atoms with Crippen LogP contribution in [0.3, 0.4) is 0 Å². The first-order valence-corrected chi connectivity index (χ1v) is 6.46. The Morgan fingerprint density at radius 1 is 0.882 bits per heavy atom. The molecule has 0 aliphatic carbocycles. The van der Waals surface area contributed by atoms with Gasteiger partial charge < -0.3 is 0 Å². The third-order valence-electron chi connectivity index (χ3n) is 2.73. The van der Waals surface area contributed by atoms with Crippen LogP contribution < -0.4 is 0 Å². The normalized spacial score (nSPS) is 9.41. The fraction of sp³-hybridized carbons (Fsp3) is 0.294. The highest BCUT2D eigenvalue weighted by atomic mass is 14.1. The van der Waals surface area contributed by atoms with Crippen molar-refractivity contribution in [1.29, 1.82) is 0 Å². The molecule has 0 radical (unpaired) electrons. The molecule has 0 N–H and O–H groups in total. The molecule has 0 amide bonds. The van der Waals surface area contributed by atoms with Gasteiger partial charge in [0.15, 0.2) is 0 Å². The zero-order chi connectivity index (χ0) is 12.7. The number of rotatable bonds is 2. The van der Waals surface area contributed by atoms with E-state index in [0.717, 1.165) is 6.42 Å². The second-order valence-electron chi connectivity index (χ2n) is 3.88. The van der Waals surface area contributed by atoms with Gasteiger partial charge in [-0.3, -0.25) is 0 Å². The maximum atomic E-state index is 2.24. The summed E-state index contributed by atoms with van der Waals surface area (Å²) in [5.41, 5.74) is 5.43. The Bertz CT molecular complexity index is 455. The molecule has 0 fully saturated rings. The van der Waals surface area contributed by atoms with Gasteiger partial charge in [-0.15, -0.1) is 0 Å². The summed E-state index contributed by atoms with van der Waals surface area (Å²) in [6.45, 7) is 8.34. The van der Waals surface area contributed by atoms with Crippen LogP contribution in [0.2, 0.25) is 0 Å². The molecule has 0 aliphatic rings. The van der Waals surface area contributed by atoms with Crippen LogP contribution in [0.4, 0.5) is 0 Å². The Balaban J connectivity index is 0.000000686. The van der Waals surface area contributed by atoms with Crippen molar-refractivity contribution in [3.05, 3.63) is 59.7 Å². The lowest BCUT2D eigenvalue weighted by atomic mass is 9.97. The molecular weight excluding hydrogens is 204 g/mol. The zero-order valence-corrected chi connectivity index (χ0v) is 11.3. The summed E-state index contributed by atoms with van der Waals surface area (Å²) in [6.07, 6.45) is 1.09. The second kappa shape index (κ2) is 6.90. The molecule has 0 unspecified atom stereocenters. The summed E-state index contributed by atoms with van der Waals surface area (Å²) < 4.78 is 0. The number of hydrogen-bond acceptors (Lipinski definition) is 0. The van der Waals surface area contributed by atoms with Crippen molar-refractivity contribution in [3.63, 3.8) is 0 Å². The molecule has 0 heteroatoms. The molecule has 0 nitrogen and oxygen atoms in total. The van der Waals surface area contributed by atoms with Crippen LogP contribution in [0.25, 0.3) is 11.1 Å². The summed E-state index contributed by atoms with van der Waals surface area (Å²) in [5.74, 6) is 0. The molecule has 2 aromatic rings. The van der Waals surface area contributed by atoms with Crippen LogP contribution in [0, 0.1) is 6.92 Å². The molecule has 0 aromatic heterocycles. The molecule has 2 rings (SSSR count). The highest BCUT2D eigenvalue weighted by molar-refractivity contribution is 5.67. The summed E-state index contributed by atoms with van der Waals surface area (Å²) in [6, 6.07) is 17.3. The van der Waals surface area contributed by atoms with E-state index in [1.54, 1.807) is 0 Å². The molecule has 0 heterocycles. The third-order valence-corrected chi connectivity index (χ3v) is 2.73. The van der Waals surface area contributed by atoms with Crippen molar-refractivity contribution in [2.75, 3.05) is 0 Å². The maximum Gasteiger partial charge on any atom is -0.0152 e. The lowest BCUT2D eigenvalue weighted by Crippen LogP contribution is -1.87. The van der Waals surface area contributed by atoms with E-state index in [0.29, 0.717) is 0 Å². The largest absolute Gasteiger partial charge is 0.0683 e. The van der Waals surface area contributed by atoms with Crippen LogP contribution in [0.1, 0.15) is 31.9 Å². The molecule has 2 aromatic carbocycles. The first-order chi connectivity index (χ1) is 8.31. The lowest BCUT2D eigenvalue weighted by Gasteiger charge is -2.08. The number of benzene rings is 2. The van der Waals surface area contributed by atoms with Crippen LogP contribution in [0.5, 0.6) is 0 Å². The molecule has 0 aliphatic heterocycles. The van der Waals surface area contributed by atoms with E-state index in [9.17, 15) is 0 Å². The highest BCUT2D eigenvalue weighted by Gasteiger charge is 2.01. The van der Waals surface area contributed by atoms with Crippen LogP contribution in [-0.2, 0) is 6.42 Å². The Kier molecular flexibility index (Phi) is 5.48. The van der Waals surface area contributed by atoms with E-state index in [-0.39, 0.29) is 0 Å². The second-order valence-corrected chi connectivity index (χ2v) is 3.88. The van der Waals surface area contributed by atoms with Gasteiger partial charge in [0.05, 0.1) is 0 Å². The quantitative estimate of drug-likeness (QED) is 0.656. The smallest absolute Gasteiger partial charge is 0.0152 e. The summed E-state index contributed by atoms with van der Waals surface area (Å²) in [4.78, 5) is 0. The predicted octanol–water partition coefficient (Wildman–Crippen LogP) is 5.25. The first kappa shape index (κ1) is 13.5. The summed E-state index contributed by atoms with van der Waals surface area (Å²) in [7, 11) is 0. The maximum absolute atomic E-state index is 2.24. The monoisotopic (exact) mass is 226 g/mol. The predicted molar refractivity (Wildman–Crippen MR) is 77.3 cm³/mol. The minimum Gasteiger partial charge on any atom is -0.0683 e. The summed E-state index contributed by atoms with van der Waals surface area (Å²) >= 11 is 0. The van der Waals surface area contributed by atoms with Gasteiger partial charge in [-0.25, -0.2) is 0 Å². The first-order valence-electron chi connectivity index (χ1n) is 6.46. The Morgan fingerprint density at radius 2 is 1.59 bits per heavy atom. The average Bonchev–Trinajstić information content (AvgIpc) is 2.41. The van der Waals surface area contributed by atoms with E-state index in [2.05, 4.69) is 62.4 Å². The van der Waals surface area contributed by atoms with E-state index < -0.39 is 0 Å². The minimum atomic E-state index is 1.09. The van der Waals surface area contributed by atoms with E-state index in [1.807, 2.05) is 13.8 Å². The van der Waals surface area contributed by atoms with E-state index in [4.69, 9.17) is 0 Å². The van der Waals surface area contributed by atoms with Gasteiger partial charge in [-0.05, 0) is 30.0 Å². The van der Waals surface area contributed by atoms with Gasteiger partial charge in [0.25, 0.3) is 0 Å². The van der Waals surface area contributed by atoms with Crippen molar-refractivity contribution in [2.24, 2.45) is 0 Å². The SMILES string of the molecule is CC.CCc1ccccc1-c1cccc(C)c1. The number of aryl methyl sites for hydroxylation is 2. The van der Waals surface area contributed by atoms with E-state index >= 15 is 0 Å². The van der Waals surface area contributed by atoms with Gasteiger partial charge >= 0.3 is 0 Å². The standard InChI is InChI=1S/C15H16.C2H6/c1-3-13-8-4-5-10-15(13)14-9-6-7-12(2)11-14;1-2/h4-11H,3H2,1-2H3;1-2H3. The summed E-state index contributed by atoms with van der Waals surface area (Å²) in [5, 5.41) is 0. The molecule has 17 heavy (non-hydrogen) atoms. The Morgan fingerprint density at radius 3 is 2.24 bits per heavy atom. The van der Waals surface area contributed by atoms with Crippen molar-refractivity contribution < 1.29 is 0 Å². The molecule has 0 saturated carbocycles. The van der Waals surface area contributed by atoms with Gasteiger partial charge in [-0.1, -0.05) is 74.9 Å². The Hall–Kier alpha value is -1.56. The van der Waals surface area contributed by atoms with Crippen molar-refractivity contribution >= 4 is 0 Å². The molecule has 0 bridgehead atoms. The minimum absolute atomic E-state index is 1.09. The van der Waals surface area contributed by atoms with Gasteiger partial charge in [0, 0.05) is 0 Å². The Labute approximate surface area is 105 Å². The fourth-order valence-corrected chi connectivity index (χ4v) is 1.92. The topological polar surface area (TPSA) is 0 Å². The van der Waals surface area contributed by atoms with Crippen LogP contribution in [0.15, 0.2) is 48.5 Å². The van der Waals surface area contributed by atoms with Crippen LogP contribution >= 0.6 is 0 Å². The van der Waals surface area contributed by atoms with Gasteiger partial charge in [0.2, 0.25) is 0 Å². The highest BCUT2D eigenvalue weighted by Crippen LogP contribution is 2.24. The molecular formula is C17H22. The van der Waals surface area contributed by atoms with Crippen molar-refractivity contribution in [3.8, 4) is 11.1 Å². The molecule has 0 saturated heterocycles. The lowest BCUT2D eigenvalue weighted by molar-refractivity contribution is 1.14. The van der Waals surface area contributed by atoms with Crippen molar-refractivity contribution in [2.45, 2.75) is 34.1 Å². The molecule has 0 spiro atoms. The van der Waals surface area contributed by atoms with Gasteiger partial charge in [-0.2, -0.15) is 0 Å². The van der Waals surface area contributed by atoms with Gasteiger partial charge in [0.1, 0.15) is 0 Å². The van der Waals surface area contributed by atoms with Crippen molar-refractivity contribution in [1.82, 2.24) is 0 Å². The molecule has 90 valence electrons.